The van der Waals surface area contributed by atoms with Gasteiger partial charge in [-0.15, -0.1) is 11.8 Å². The summed E-state index contributed by atoms with van der Waals surface area (Å²) in [4.78, 5) is 14.0. The Hall–Kier alpha value is -1.94. The quantitative estimate of drug-likeness (QED) is 0.864. The Balaban J connectivity index is 1.93. The summed E-state index contributed by atoms with van der Waals surface area (Å²) in [5.41, 5.74) is 2.06. The maximum absolute atomic E-state index is 12.2. The zero-order valence-electron chi connectivity index (χ0n) is 11.2. The summed E-state index contributed by atoms with van der Waals surface area (Å²) in [6, 6.07) is 17.7. The highest BCUT2D eigenvalue weighted by molar-refractivity contribution is 8.00. The summed E-state index contributed by atoms with van der Waals surface area (Å²) >= 11 is 1.66. The van der Waals surface area contributed by atoms with Crippen molar-refractivity contribution in [2.45, 2.75) is 5.37 Å². The van der Waals surface area contributed by atoms with E-state index in [0.29, 0.717) is 5.75 Å². The molecule has 2 aromatic carbocycles. The smallest absolute Gasteiger partial charge is 0.238 e. The van der Waals surface area contributed by atoms with Gasteiger partial charge in [0.05, 0.1) is 12.9 Å². The average molecular weight is 285 g/mol. The molecule has 0 spiro atoms. The van der Waals surface area contributed by atoms with Gasteiger partial charge in [-0.3, -0.25) is 9.69 Å². The molecule has 1 saturated heterocycles. The highest BCUT2D eigenvalue weighted by atomic mass is 32.2. The van der Waals surface area contributed by atoms with Crippen molar-refractivity contribution >= 4 is 23.4 Å². The molecular weight excluding hydrogens is 270 g/mol. The predicted molar refractivity (Wildman–Crippen MR) is 82.1 cm³/mol. The molecule has 1 amide bonds. The summed E-state index contributed by atoms with van der Waals surface area (Å²) in [5.74, 6) is 1.50. The Morgan fingerprint density at radius 3 is 2.45 bits per heavy atom. The van der Waals surface area contributed by atoms with Crippen molar-refractivity contribution in [1.29, 1.82) is 0 Å². The Morgan fingerprint density at radius 2 is 1.80 bits per heavy atom. The minimum absolute atomic E-state index is 0.0378. The van der Waals surface area contributed by atoms with Gasteiger partial charge in [0.1, 0.15) is 11.1 Å². The number of rotatable bonds is 3. The van der Waals surface area contributed by atoms with Gasteiger partial charge in [-0.1, -0.05) is 30.3 Å². The van der Waals surface area contributed by atoms with Crippen LogP contribution in [0.1, 0.15) is 10.9 Å². The maximum Gasteiger partial charge on any atom is 0.238 e. The molecule has 0 bridgehead atoms. The largest absolute Gasteiger partial charge is 0.497 e. The van der Waals surface area contributed by atoms with Crippen LogP contribution in [0, 0.1) is 0 Å². The fourth-order valence-electron chi connectivity index (χ4n) is 2.31. The van der Waals surface area contributed by atoms with Gasteiger partial charge in [-0.25, -0.2) is 0 Å². The van der Waals surface area contributed by atoms with Crippen LogP contribution in [0.2, 0.25) is 0 Å². The van der Waals surface area contributed by atoms with Crippen LogP contribution in [0.25, 0.3) is 0 Å². The lowest BCUT2D eigenvalue weighted by Gasteiger charge is -2.24. The Kier molecular flexibility index (Phi) is 3.65. The molecule has 4 heteroatoms. The van der Waals surface area contributed by atoms with E-state index in [4.69, 9.17) is 4.74 Å². The zero-order valence-corrected chi connectivity index (χ0v) is 12.0. The number of hydrogen-bond acceptors (Lipinski definition) is 3. The second kappa shape index (κ2) is 5.59. The van der Waals surface area contributed by atoms with Gasteiger partial charge in [0.25, 0.3) is 0 Å². The number of hydrogen-bond donors (Lipinski definition) is 0. The van der Waals surface area contributed by atoms with Crippen molar-refractivity contribution in [3.8, 4) is 5.75 Å². The van der Waals surface area contributed by atoms with Gasteiger partial charge in [0, 0.05) is 5.69 Å². The summed E-state index contributed by atoms with van der Waals surface area (Å²) in [7, 11) is 1.65. The Labute approximate surface area is 122 Å². The number of thioether (sulfide) groups is 1. The standard InChI is InChI=1S/C16H15NO2S/c1-19-14-9-7-12(8-10-14)16-17(15(18)11-20-16)13-5-3-2-4-6-13/h2-10,16H,11H2,1H3/t16-/m0/s1. The normalized spacial score (nSPS) is 18.4. The molecule has 3 nitrogen and oxygen atoms in total. The number of anilines is 1. The summed E-state index contributed by atoms with van der Waals surface area (Å²) in [5, 5.41) is 0.0378. The highest BCUT2D eigenvalue weighted by Crippen LogP contribution is 2.41. The first-order chi connectivity index (χ1) is 9.79. The fourth-order valence-corrected chi connectivity index (χ4v) is 3.48. The van der Waals surface area contributed by atoms with Crippen LogP contribution >= 0.6 is 11.8 Å². The Bertz CT molecular complexity index is 598. The number of benzene rings is 2. The topological polar surface area (TPSA) is 29.5 Å². The summed E-state index contributed by atoms with van der Waals surface area (Å²) in [6.07, 6.45) is 0. The van der Waals surface area contributed by atoms with Gasteiger partial charge < -0.3 is 4.74 Å². The number of ether oxygens (including phenoxy) is 1. The lowest BCUT2D eigenvalue weighted by atomic mass is 10.2. The first-order valence-corrected chi connectivity index (χ1v) is 7.47. The minimum Gasteiger partial charge on any atom is -0.497 e. The first-order valence-electron chi connectivity index (χ1n) is 6.42. The molecule has 1 aliphatic heterocycles. The molecule has 3 rings (SSSR count). The van der Waals surface area contributed by atoms with Crippen LogP contribution in [0.15, 0.2) is 54.6 Å². The zero-order chi connectivity index (χ0) is 13.9. The van der Waals surface area contributed by atoms with E-state index in [1.807, 2.05) is 59.5 Å². The molecule has 0 saturated carbocycles. The molecule has 0 N–H and O–H groups in total. The highest BCUT2D eigenvalue weighted by Gasteiger charge is 2.33. The molecular formula is C16H15NO2S. The van der Waals surface area contributed by atoms with E-state index in [9.17, 15) is 4.79 Å². The number of methoxy groups -OCH3 is 1. The van der Waals surface area contributed by atoms with Crippen LogP contribution in [0.3, 0.4) is 0 Å². The number of para-hydroxylation sites is 1. The number of amides is 1. The number of carbonyl (C=O) groups is 1. The minimum atomic E-state index is 0.0378. The molecule has 0 unspecified atom stereocenters. The van der Waals surface area contributed by atoms with Gasteiger partial charge in [0.15, 0.2) is 0 Å². The van der Waals surface area contributed by atoms with E-state index in [1.165, 1.54) is 0 Å². The maximum atomic E-state index is 12.2. The van der Waals surface area contributed by atoms with Crippen molar-refractivity contribution in [1.82, 2.24) is 0 Å². The van der Waals surface area contributed by atoms with Crippen LogP contribution in [-0.2, 0) is 4.79 Å². The fraction of sp³-hybridized carbons (Fsp3) is 0.188. The summed E-state index contributed by atoms with van der Waals surface area (Å²) < 4.78 is 5.18. The SMILES string of the molecule is COc1ccc([C@@H]2SCC(=O)N2c2ccccc2)cc1. The average Bonchev–Trinajstić information content (AvgIpc) is 2.90. The van der Waals surface area contributed by atoms with Crippen molar-refractivity contribution < 1.29 is 9.53 Å². The lowest BCUT2D eigenvalue weighted by molar-refractivity contribution is -0.115. The molecule has 20 heavy (non-hydrogen) atoms. The summed E-state index contributed by atoms with van der Waals surface area (Å²) in [6.45, 7) is 0. The molecule has 0 aliphatic carbocycles. The van der Waals surface area contributed by atoms with E-state index in [2.05, 4.69) is 0 Å². The monoisotopic (exact) mass is 285 g/mol. The van der Waals surface area contributed by atoms with E-state index in [-0.39, 0.29) is 11.3 Å². The third-order valence-electron chi connectivity index (χ3n) is 3.30. The van der Waals surface area contributed by atoms with Crippen molar-refractivity contribution in [2.75, 3.05) is 17.8 Å². The third kappa shape index (κ3) is 2.39. The van der Waals surface area contributed by atoms with Crippen molar-refractivity contribution in [3.63, 3.8) is 0 Å². The second-order valence-electron chi connectivity index (χ2n) is 4.54. The molecule has 0 radical (unpaired) electrons. The van der Waals surface area contributed by atoms with E-state index < -0.39 is 0 Å². The number of nitrogens with zero attached hydrogens (tertiary/aromatic N) is 1. The van der Waals surface area contributed by atoms with Crippen LogP contribution in [0.5, 0.6) is 5.75 Å². The van der Waals surface area contributed by atoms with Crippen LogP contribution in [-0.4, -0.2) is 18.8 Å². The Morgan fingerprint density at radius 1 is 1.10 bits per heavy atom. The molecule has 1 atom stereocenters. The van der Waals surface area contributed by atoms with Gasteiger partial charge in [0.2, 0.25) is 5.91 Å². The third-order valence-corrected chi connectivity index (χ3v) is 4.52. The number of carbonyl (C=O) groups excluding carboxylic acids is 1. The van der Waals surface area contributed by atoms with E-state index in [0.717, 1.165) is 17.0 Å². The first kappa shape index (κ1) is 13.1. The molecule has 102 valence electrons. The molecule has 0 aromatic heterocycles. The van der Waals surface area contributed by atoms with E-state index in [1.54, 1.807) is 18.9 Å². The molecule has 1 aliphatic rings. The van der Waals surface area contributed by atoms with E-state index >= 15 is 0 Å². The predicted octanol–water partition coefficient (Wildman–Crippen LogP) is 3.47. The van der Waals surface area contributed by atoms with Crippen molar-refractivity contribution in [2.24, 2.45) is 0 Å². The molecule has 2 aromatic rings. The van der Waals surface area contributed by atoms with Gasteiger partial charge >= 0.3 is 0 Å². The van der Waals surface area contributed by atoms with Crippen LogP contribution < -0.4 is 9.64 Å². The molecule has 1 heterocycles. The lowest BCUT2D eigenvalue weighted by Crippen LogP contribution is -2.27. The van der Waals surface area contributed by atoms with Crippen LogP contribution in [0.4, 0.5) is 5.69 Å². The van der Waals surface area contributed by atoms with Gasteiger partial charge in [-0.05, 0) is 29.8 Å². The second-order valence-corrected chi connectivity index (χ2v) is 5.60. The van der Waals surface area contributed by atoms with Gasteiger partial charge in [-0.2, -0.15) is 0 Å². The molecule has 1 fully saturated rings. The van der Waals surface area contributed by atoms with Crippen molar-refractivity contribution in [3.05, 3.63) is 60.2 Å².